The Hall–Kier alpha value is -2.44. The molecule has 0 saturated carbocycles. The number of nitrogens with two attached hydrogens (primary N) is 1. The van der Waals surface area contributed by atoms with Gasteiger partial charge in [-0.05, 0) is 24.6 Å². The average Bonchev–Trinajstić information content (AvgIpc) is 2.78. The lowest BCUT2D eigenvalue weighted by Gasteiger charge is -2.20. The molecule has 0 radical (unpaired) electrons. The molecule has 0 atom stereocenters. The van der Waals surface area contributed by atoms with Crippen LogP contribution in [0.25, 0.3) is 0 Å². The van der Waals surface area contributed by atoms with Crippen LogP contribution in [0.3, 0.4) is 0 Å². The van der Waals surface area contributed by atoms with E-state index in [-0.39, 0.29) is 23.8 Å². The Morgan fingerprint density at radius 2 is 2.10 bits per heavy atom. The first-order chi connectivity index (χ1) is 9.92. The van der Waals surface area contributed by atoms with Crippen molar-refractivity contribution >= 4 is 11.6 Å². The number of halogens is 2. The molecule has 0 fully saturated rings. The minimum Gasteiger partial charge on any atom is -0.396 e. The van der Waals surface area contributed by atoms with Gasteiger partial charge in [-0.2, -0.15) is 5.10 Å². The molecular formula is C14H16F2N4O. The van der Waals surface area contributed by atoms with Gasteiger partial charge in [0, 0.05) is 26.3 Å². The number of benzene rings is 1. The Balaban J connectivity index is 2.21. The summed E-state index contributed by atoms with van der Waals surface area (Å²) in [5, 5.41) is 4.02. The quantitative estimate of drug-likeness (QED) is 0.937. The lowest BCUT2D eigenvalue weighted by atomic mass is 10.2. The summed E-state index contributed by atoms with van der Waals surface area (Å²) in [6.07, 6.45) is 1.54. The van der Waals surface area contributed by atoms with E-state index in [0.29, 0.717) is 12.1 Å². The molecule has 2 rings (SSSR count). The van der Waals surface area contributed by atoms with Crippen molar-refractivity contribution in [3.05, 3.63) is 47.3 Å². The minimum absolute atomic E-state index is 0.155. The standard InChI is InChI=1S/C14H16F2N4O/c1-3-20(7-9-4-5-10(15)11(16)6-9)14(21)13-12(17)8-19(2)18-13/h4-6,8H,3,7,17H2,1-2H3. The van der Waals surface area contributed by atoms with E-state index in [2.05, 4.69) is 5.10 Å². The SMILES string of the molecule is CCN(Cc1ccc(F)c(F)c1)C(=O)c1nn(C)cc1N. The van der Waals surface area contributed by atoms with Gasteiger partial charge < -0.3 is 10.6 Å². The number of carbonyl (C=O) groups is 1. The highest BCUT2D eigenvalue weighted by Crippen LogP contribution is 2.15. The van der Waals surface area contributed by atoms with Gasteiger partial charge in [-0.1, -0.05) is 6.07 Å². The van der Waals surface area contributed by atoms with Crippen molar-refractivity contribution in [2.45, 2.75) is 13.5 Å². The lowest BCUT2D eigenvalue weighted by molar-refractivity contribution is 0.0746. The van der Waals surface area contributed by atoms with Gasteiger partial charge >= 0.3 is 0 Å². The average molecular weight is 294 g/mol. The third-order valence-corrected chi connectivity index (χ3v) is 3.09. The third kappa shape index (κ3) is 3.18. The summed E-state index contributed by atoms with van der Waals surface area (Å²) in [6.45, 7) is 2.34. The highest BCUT2D eigenvalue weighted by atomic mass is 19.2. The number of amides is 1. The van der Waals surface area contributed by atoms with Gasteiger partial charge in [-0.25, -0.2) is 8.78 Å². The van der Waals surface area contributed by atoms with Crippen molar-refractivity contribution < 1.29 is 13.6 Å². The van der Waals surface area contributed by atoms with Crippen molar-refractivity contribution in [3.63, 3.8) is 0 Å². The van der Waals surface area contributed by atoms with Crippen LogP contribution in [0.1, 0.15) is 23.0 Å². The molecule has 1 heterocycles. The van der Waals surface area contributed by atoms with E-state index >= 15 is 0 Å². The maximum Gasteiger partial charge on any atom is 0.276 e. The number of anilines is 1. The molecule has 0 aliphatic heterocycles. The summed E-state index contributed by atoms with van der Waals surface area (Å²) in [6, 6.07) is 3.56. The lowest BCUT2D eigenvalue weighted by Crippen LogP contribution is -2.31. The monoisotopic (exact) mass is 294 g/mol. The van der Waals surface area contributed by atoms with E-state index in [4.69, 9.17) is 5.73 Å². The molecule has 5 nitrogen and oxygen atoms in total. The highest BCUT2D eigenvalue weighted by Gasteiger charge is 2.20. The Bertz CT molecular complexity index is 669. The second kappa shape index (κ2) is 5.90. The van der Waals surface area contributed by atoms with E-state index in [1.807, 2.05) is 0 Å². The van der Waals surface area contributed by atoms with Crippen molar-refractivity contribution in [2.75, 3.05) is 12.3 Å². The summed E-state index contributed by atoms with van der Waals surface area (Å²) < 4.78 is 27.6. The molecule has 0 aliphatic carbocycles. The number of aryl methyl sites for hydroxylation is 1. The summed E-state index contributed by atoms with van der Waals surface area (Å²) in [5.74, 6) is -2.20. The van der Waals surface area contributed by atoms with Crippen LogP contribution in [0.4, 0.5) is 14.5 Å². The maximum absolute atomic E-state index is 13.2. The zero-order valence-electron chi connectivity index (χ0n) is 11.8. The zero-order chi connectivity index (χ0) is 15.6. The number of carbonyl (C=O) groups excluding carboxylic acids is 1. The summed E-state index contributed by atoms with van der Waals surface area (Å²) in [4.78, 5) is 13.8. The molecule has 0 spiro atoms. The zero-order valence-corrected chi connectivity index (χ0v) is 11.8. The van der Waals surface area contributed by atoms with E-state index in [1.54, 1.807) is 20.2 Å². The van der Waals surface area contributed by atoms with Crippen molar-refractivity contribution in [1.29, 1.82) is 0 Å². The molecular weight excluding hydrogens is 278 g/mol. The molecule has 2 aromatic rings. The highest BCUT2D eigenvalue weighted by molar-refractivity contribution is 5.97. The number of aromatic nitrogens is 2. The largest absolute Gasteiger partial charge is 0.396 e. The van der Waals surface area contributed by atoms with Crippen LogP contribution < -0.4 is 5.73 Å². The van der Waals surface area contributed by atoms with Crippen molar-refractivity contribution in [1.82, 2.24) is 14.7 Å². The van der Waals surface area contributed by atoms with Gasteiger partial charge in [0.25, 0.3) is 5.91 Å². The minimum atomic E-state index is -0.937. The Labute approximate surface area is 121 Å². The second-order valence-corrected chi connectivity index (χ2v) is 4.67. The number of rotatable bonds is 4. The predicted octanol–water partition coefficient (Wildman–Crippen LogP) is 1.94. The fourth-order valence-electron chi connectivity index (χ4n) is 2.01. The molecule has 21 heavy (non-hydrogen) atoms. The maximum atomic E-state index is 13.2. The second-order valence-electron chi connectivity index (χ2n) is 4.67. The molecule has 0 saturated heterocycles. The number of hydrogen-bond acceptors (Lipinski definition) is 3. The van der Waals surface area contributed by atoms with Crippen LogP contribution >= 0.6 is 0 Å². The molecule has 1 amide bonds. The first kappa shape index (κ1) is 15.0. The van der Waals surface area contributed by atoms with E-state index in [1.165, 1.54) is 15.6 Å². The van der Waals surface area contributed by atoms with Gasteiger partial charge in [0.2, 0.25) is 0 Å². The van der Waals surface area contributed by atoms with Crippen molar-refractivity contribution in [2.24, 2.45) is 7.05 Å². The van der Waals surface area contributed by atoms with Crippen LogP contribution in [-0.4, -0.2) is 27.1 Å². The van der Waals surface area contributed by atoms with Gasteiger partial charge in [0.1, 0.15) is 0 Å². The summed E-state index contributed by atoms with van der Waals surface area (Å²) in [5.41, 5.74) is 6.67. The molecule has 0 aliphatic rings. The van der Waals surface area contributed by atoms with E-state index < -0.39 is 11.6 Å². The molecule has 1 aromatic heterocycles. The fourth-order valence-corrected chi connectivity index (χ4v) is 2.01. The predicted molar refractivity (Wildman–Crippen MR) is 74.4 cm³/mol. The molecule has 0 unspecified atom stereocenters. The third-order valence-electron chi connectivity index (χ3n) is 3.09. The van der Waals surface area contributed by atoms with Crippen LogP contribution in [0, 0.1) is 11.6 Å². The number of nitrogen functional groups attached to an aromatic ring is 1. The van der Waals surface area contributed by atoms with E-state index in [9.17, 15) is 13.6 Å². The van der Waals surface area contributed by atoms with Gasteiger partial charge in [-0.15, -0.1) is 0 Å². The molecule has 0 bridgehead atoms. The summed E-state index contributed by atoms with van der Waals surface area (Å²) >= 11 is 0. The van der Waals surface area contributed by atoms with Gasteiger partial charge in [-0.3, -0.25) is 9.48 Å². The number of nitrogens with zero attached hydrogens (tertiary/aromatic N) is 3. The Morgan fingerprint density at radius 1 is 1.38 bits per heavy atom. The Morgan fingerprint density at radius 3 is 2.62 bits per heavy atom. The van der Waals surface area contributed by atoms with Crippen LogP contribution in [-0.2, 0) is 13.6 Å². The number of hydrogen-bond donors (Lipinski definition) is 1. The van der Waals surface area contributed by atoms with Crippen LogP contribution in [0.2, 0.25) is 0 Å². The smallest absolute Gasteiger partial charge is 0.276 e. The first-order valence-corrected chi connectivity index (χ1v) is 6.44. The Kier molecular flexibility index (Phi) is 4.21. The van der Waals surface area contributed by atoms with Crippen LogP contribution in [0.15, 0.2) is 24.4 Å². The molecule has 1 aromatic carbocycles. The fraction of sp³-hybridized carbons (Fsp3) is 0.286. The molecule has 2 N–H and O–H groups in total. The topological polar surface area (TPSA) is 64.2 Å². The normalized spacial score (nSPS) is 10.7. The summed E-state index contributed by atoms with van der Waals surface area (Å²) in [7, 11) is 1.67. The molecule has 7 heteroatoms. The van der Waals surface area contributed by atoms with Gasteiger partial charge in [0.15, 0.2) is 17.3 Å². The first-order valence-electron chi connectivity index (χ1n) is 6.44. The van der Waals surface area contributed by atoms with Crippen molar-refractivity contribution in [3.8, 4) is 0 Å². The molecule has 112 valence electrons. The van der Waals surface area contributed by atoms with Crippen LogP contribution in [0.5, 0.6) is 0 Å². The van der Waals surface area contributed by atoms with Gasteiger partial charge in [0.05, 0.1) is 5.69 Å². The van der Waals surface area contributed by atoms with E-state index in [0.717, 1.165) is 12.1 Å².